The Kier molecular flexibility index (Phi) is 41.0. The van der Waals surface area contributed by atoms with E-state index in [2.05, 4.69) is 51.5 Å². The first-order valence-electron chi connectivity index (χ1n) is 53.4. The van der Waals surface area contributed by atoms with Crippen LogP contribution in [0.3, 0.4) is 0 Å². The lowest BCUT2D eigenvalue weighted by Gasteiger charge is -2.38. The number of nitrogens with one attached hydrogen (secondary N) is 5. The summed E-state index contributed by atoms with van der Waals surface area (Å²) in [6, 6.07) is 10.7. The van der Waals surface area contributed by atoms with Crippen LogP contribution in [0.1, 0.15) is 365 Å². The summed E-state index contributed by atoms with van der Waals surface area (Å²) in [5.74, 6) is -6.23. The number of piperidine rings is 2. The first-order valence-corrected chi connectivity index (χ1v) is 53.4. The summed E-state index contributed by atoms with van der Waals surface area (Å²) in [5, 5.41) is 36.7. The standard InChI is InChI=1S/2C40H60N4O6.C17H12N2O4.C11H11N3O3.2C2H6/c2*1-6-11-27(36(48)34(47)18-25-16-17-25)19-33(46)35-29-15-10-14-28(29)23-44(35)39(50)37(40(3,4)5)43-38(49)30(26-12-8-7-9-13-26)20-32(45)31-22-41-24(2)21-42-31;20-13-8-7-12(15(21)18-13)19-16(22)10-5-1-3-9-4-2-6-11(14(9)10)17(19)23;15-9-5-4-8(11(17)14-9)13-10(16)7-3-1-2-6-12-7;2*1-2/h2*21-22,25-30,35-37,48H,6-20,23H2,1-5H3,(H,43,49);1-6,12H,7-8H2,(H,18,20,21);1-3,6,8H,4-5H2,(H,13,16)(H,14,15,17);2*1-2H3/t2*27-,28-,29-,30-,35-,36?,37+;;;;/m00..../s1. The monoisotopic (exact) mass is 1990 g/mol. The Hall–Kier alpha value is -11.3. The fourth-order valence-electron chi connectivity index (χ4n) is 22.8. The maximum atomic E-state index is 14.7. The Morgan fingerprint density at radius 3 is 1.26 bits per heavy atom. The minimum absolute atomic E-state index is 0.00508. The number of aryl methyl sites for hydroxylation is 2. The number of carbonyl (C=O) groups is 17. The number of Topliss-reactive ketones (excluding diaryl/α,β-unsaturated/α-hetero) is 6. The van der Waals surface area contributed by atoms with Gasteiger partial charge in [0.15, 0.2) is 34.7 Å². The molecule has 6 saturated carbocycles. The number of ketones is 6. The number of pyridine rings is 1. The number of hydrogen-bond acceptors (Lipinski definition) is 24. The molecule has 2 aromatic carbocycles. The molecule has 5 aromatic rings. The molecule has 10 fully saturated rings. The number of rotatable bonds is 35. The number of amides is 11. The van der Waals surface area contributed by atoms with Gasteiger partial charge in [-0.1, -0.05) is 178 Å². The van der Waals surface area contributed by atoms with Gasteiger partial charge in [0.05, 0.1) is 35.9 Å². The van der Waals surface area contributed by atoms with Crippen molar-refractivity contribution in [3.05, 3.63) is 125 Å². The molecule has 6 aliphatic carbocycles. The molecule has 3 aromatic heterocycles. The molecular formula is C112H155N13O19. The molecule has 32 nitrogen and oxygen atoms in total. The molecule has 5 aliphatic heterocycles. The second kappa shape index (κ2) is 52.2. The number of nitrogens with zero attached hydrogens (tertiary/aromatic N) is 8. The highest BCUT2D eigenvalue weighted by Gasteiger charge is 2.56. The fraction of sp³-hybridized carbons (Fsp3) is 0.643. The summed E-state index contributed by atoms with van der Waals surface area (Å²) in [5.41, 5.74) is 1.60. The smallest absolute Gasteiger partial charge is 0.270 e. The number of aromatic nitrogens is 5. The van der Waals surface area contributed by atoms with Crippen LogP contribution in [0.5, 0.6) is 0 Å². The van der Waals surface area contributed by atoms with Crippen LogP contribution in [0.4, 0.5) is 0 Å². The van der Waals surface area contributed by atoms with Crippen molar-refractivity contribution < 1.29 is 91.7 Å². The summed E-state index contributed by atoms with van der Waals surface area (Å²) in [6.45, 7) is 28.0. The van der Waals surface area contributed by atoms with Gasteiger partial charge in [0.2, 0.25) is 47.3 Å². The van der Waals surface area contributed by atoms with Gasteiger partial charge in [0.25, 0.3) is 17.7 Å². The molecule has 11 aliphatic rings. The van der Waals surface area contributed by atoms with Gasteiger partial charge < -0.3 is 36.0 Å². The minimum atomic E-state index is -1.17. The summed E-state index contributed by atoms with van der Waals surface area (Å²) in [7, 11) is 0. The summed E-state index contributed by atoms with van der Waals surface area (Å²) in [4.78, 5) is 247. The highest BCUT2D eigenvalue weighted by atomic mass is 16.3. The van der Waals surface area contributed by atoms with Crippen molar-refractivity contribution in [3.8, 4) is 0 Å². The first-order chi connectivity index (χ1) is 68.8. The largest absolute Gasteiger partial charge is 0.385 e. The van der Waals surface area contributed by atoms with E-state index in [0.29, 0.717) is 84.9 Å². The van der Waals surface area contributed by atoms with Gasteiger partial charge >= 0.3 is 0 Å². The molecule has 144 heavy (non-hydrogen) atoms. The molecule has 8 heterocycles. The molecule has 0 bridgehead atoms. The Morgan fingerprint density at radius 2 is 0.882 bits per heavy atom. The topological polar surface area (TPSA) is 465 Å². The zero-order chi connectivity index (χ0) is 105. The summed E-state index contributed by atoms with van der Waals surface area (Å²) in [6.07, 6.45) is 28.7. The number of imide groups is 3. The Labute approximate surface area is 847 Å². The molecule has 11 amide bonds. The predicted molar refractivity (Wildman–Crippen MR) is 541 cm³/mol. The lowest BCUT2D eigenvalue weighted by Crippen LogP contribution is -2.58. The Balaban J connectivity index is 0.000000195. The van der Waals surface area contributed by atoms with E-state index in [0.717, 1.165) is 152 Å². The van der Waals surface area contributed by atoms with Crippen molar-refractivity contribution in [1.29, 1.82) is 0 Å². The number of aliphatic hydroxyl groups excluding tert-OH is 2. The van der Waals surface area contributed by atoms with E-state index in [1.165, 1.54) is 18.6 Å². The van der Waals surface area contributed by atoms with Crippen molar-refractivity contribution >= 4 is 110 Å². The highest BCUT2D eigenvalue weighted by molar-refractivity contribution is 6.27. The van der Waals surface area contributed by atoms with Crippen molar-refractivity contribution in [2.45, 2.75) is 364 Å². The third-order valence-corrected chi connectivity index (χ3v) is 30.8. The summed E-state index contributed by atoms with van der Waals surface area (Å²) < 4.78 is 0. The molecular weight excluding hydrogens is 1830 g/mol. The molecule has 0 spiro atoms. The SMILES string of the molecule is CC.CC.CCC[C@@H](CC(=O)[C@@H]1[C@H]2CCC[C@H]2CN1C(=O)[C@@H](NC(=O)[C@@H](CC(=O)c1cnc(C)cn1)C1CCCCC1)C(C)(C)C)C(O)C(=O)CC1CC1.CCC[C@@H](CC(=O)[C@@H]1[C@H]2CCC[C@H]2CN1C(=O)[C@@H](NC(=O)[C@@H](CC(=O)c1cnc(C)cn1)C1CCCCC1)C(C)(C)C)C(O)C(=O)CC1CC1.O=C1CCC(N2C(=O)c3cccc4cccc(c34)C2=O)C(=O)N1.O=C1CCC(NC(=O)c2ccccn2)C(=O)N1. The van der Waals surface area contributed by atoms with Crippen LogP contribution in [-0.4, -0.2) is 211 Å². The van der Waals surface area contributed by atoms with Crippen molar-refractivity contribution in [3.63, 3.8) is 0 Å². The zero-order valence-corrected chi connectivity index (χ0v) is 87.0. The first kappa shape index (κ1) is 113. The molecule has 4 saturated heterocycles. The van der Waals surface area contributed by atoms with Gasteiger partial charge in [-0.05, 0) is 216 Å². The quantitative estimate of drug-likeness (QED) is 0.0146. The van der Waals surface area contributed by atoms with E-state index in [1.807, 2.05) is 95.2 Å². The van der Waals surface area contributed by atoms with E-state index in [-0.39, 0.29) is 168 Å². The van der Waals surface area contributed by atoms with Crippen molar-refractivity contribution in [2.24, 2.45) is 81.8 Å². The average Bonchev–Trinajstić information content (AvgIpc) is 1.25. The normalized spacial score (nSPS) is 23.1. The Morgan fingerprint density at radius 1 is 0.458 bits per heavy atom. The molecule has 782 valence electrons. The molecule has 4 unspecified atom stereocenters. The van der Waals surface area contributed by atoms with Gasteiger partial charge in [-0.25, -0.2) is 9.97 Å². The fourth-order valence-corrected chi connectivity index (χ4v) is 22.8. The second-order valence-electron chi connectivity index (χ2n) is 43.4. The average molecular weight is 1990 g/mol. The third-order valence-electron chi connectivity index (χ3n) is 30.8. The van der Waals surface area contributed by atoms with E-state index in [9.17, 15) is 91.7 Å². The molecule has 16 atom stereocenters. The highest BCUT2D eigenvalue weighted by Crippen LogP contribution is 2.48. The van der Waals surface area contributed by atoms with Crippen LogP contribution in [-0.2, 0) is 57.5 Å². The van der Waals surface area contributed by atoms with E-state index < -0.39 is 112 Å². The van der Waals surface area contributed by atoms with Crippen LogP contribution in [0.15, 0.2) is 85.6 Å². The van der Waals surface area contributed by atoms with Crippen LogP contribution in [0, 0.1) is 95.7 Å². The van der Waals surface area contributed by atoms with Crippen LogP contribution < -0.4 is 26.6 Å². The third kappa shape index (κ3) is 29.1. The van der Waals surface area contributed by atoms with Gasteiger partial charge in [-0.2, -0.15) is 0 Å². The molecule has 7 N–H and O–H groups in total. The van der Waals surface area contributed by atoms with Crippen LogP contribution >= 0.6 is 0 Å². The van der Waals surface area contributed by atoms with Crippen molar-refractivity contribution in [1.82, 2.24) is 66.2 Å². The number of carbonyl (C=O) groups excluding carboxylic acids is 17. The lowest BCUT2D eigenvalue weighted by atomic mass is 9.76. The maximum Gasteiger partial charge on any atom is 0.270 e. The number of hydrogen-bond donors (Lipinski definition) is 7. The second-order valence-corrected chi connectivity index (χ2v) is 43.4. The van der Waals surface area contributed by atoms with Crippen LogP contribution in [0.2, 0.25) is 0 Å². The minimum Gasteiger partial charge on any atom is -0.385 e. The number of aliphatic hydroxyl groups is 2. The van der Waals surface area contributed by atoms with Gasteiger partial charge in [0, 0.05) is 111 Å². The van der Waals surface area contributed by atoms with Gasteiger partial charge in [0.1, 0.15) is 53.5 Å². The lowest BCUT2D eigenvalue weighted by molar-refractivity contribution is -0.145. The number of fused-ring (bicyclic) bond motifs is 2. The molecule has 16 rings (SSSR count). The van der Waals surface area contributed by atoms with E-state index in [1.54, 1.807) is 78.5 Å². The maximum absolute atomic E-state index is 14.7. The molecule has 32 heteroatoms. The molecule has 0 radical (unpaired) electrons. The van der Waals surface area contributed by atoms with E-state index in [4.69, 9.17) is 0 Å². The zero-order valence-electron chi connectivity index (χ0n) is 87.0. The summed E-state index contributed by atoms with van der Waals surface area (Å²) >= 11 is 0. The van der Waals surface area contributed by atoms with Crippen molar-refractivity contribution in [2.75, 3.05) is 13.1 Å². The Bertz CT molecular complexity index is 5120. The van der Waals surface area contributed by atoms with E-state index >= 15 is 0 Å². The number of likely N-dealkylation sites (tertiary alicyclic amines) is 2. The predicted octanol–water partition coefficient (Wildman–Crippen LogP) is 14.5. The van der Waals surface area contributed by atoms with Crippen LogP contribution in [0.25, 0.3) is 10.8 Å². The number of benzene rings is 2. The van der Waals surface area contributed by atoms with Gasteiger partial charge in [-0.3, -0.25) is 112 Å². The van der Waals surface area contributed by atoms with Gasteiger partial charge in [-0.15, -0.1) is 0 Å².